The van der Waals surface area contributed by atoms with Crippen LogP contribution in [0.15, 0.2) is 35.3 Å². The van der Waals surface area contributed by atoms with Crippen molar-refractivity contribution in [1.82, 2.24) is 9.78 Å². The molecule has 0 aliphatic heterocycles. The SMILES string of the molecule is CCCOC1(c2ccc(COc3cnn(C(C)(C)C)c(=O)c3Cl)cc2)CC1. The summed E-state index contributed by atoms with van der Waals surface area (Å²) < 4.78 is 13.1. The molecule has 1 fully saturated rings. The zero-order chi connectivity index (χ0) is 19.7. The fraction of sp³-hybridized carbons (Fsp3) is 0.524. The summed E-state index contributed by atoms with van der Waals surface area (Å²) >= 11 is 6.20. The number of halogens is 1. The van der Waals surface area contributed by atoms with Gasteiger partial charge in [-0.15, -0.1) is 0 Å². The van der Waals surface area contributed by atoms with Crippen molar-refractivity contribution in [3.8, 4) is 5.75 Å². The van der Waals surface area contributed by atoms with Gasteiger partial charge in [-0.2, -0.15) is 5.10 Å². The first-order chi connectivity index (χ1) is 12.8. The van der Waals surface area contributed by atoms with Crippen molar-refractivity contribution in [2.24, 2.45) is 0 Å². The highest BCUT2D eigenvalue weighted by molar-refractivity contribution is 6.31. The Balaban J connectivity index is 1.67. The number of hydrogen-bond acceptors (Lipinski definition) is 4. The Kier molecular flexibility index (Phi) is 5.63. The van der Waals surface area contributed by atoms with Crippen LogP contribution in [0.2, 0.25) is 5.02 Å². The van der Waals surface area contributed by atoms with E-state index in [1.807, 2.05) is 32.9 Å². The van der Waals surface area contributed by atoms with Crippen LogP contribution in [0.4, 0.5) is 0 Å². The predicted octanol–water partition coefficient (Wildman–Crippen LogP) is 4.65. The van der Waals surface area contributed by atoms with E-state index in [0.717, 1.165) is 31.4 Å². The normalized spacial score (nSPS) is 15.6. The number of aromatic nitrogens is 2. The first-order valence-corrected chi connectivity index (χ1v) is 9.79. The van der Waals surface area contributed by atoms with Crippen molar-refractivity contribution in [1.29, 1.82) is 0 Å². The minimum atomic E-state index is -0.437. The van der Waals surface area contributed by atoms with E-state index >= 15 is 0 Å². The maximum absolute atomic E-state index is 12.4. The molecule has 0 unspecified atom stereocenters. The zero-order valence-electron chi connectivity index (χ0n) is 16.4. The molecule has 0 bridgehead atoms. The van der Waals surface area contributed by atoms with Gasteiger partial charge in [-0.3, -0.25) is 4.79 Å². The van der Waals surface area contributed by atoms with Crippen molar-refractivity contribution in [3.05, 3.63) is 57.0 Å². The predicted molar refractivity (Wildman–Crippen MR) is 106 cm³/mol. The lowest BCUT2D eigenvalue weighted by molar-refractivity contribution is 0.0306. The second kappa shape index (κ2) is 7.64. The standard InChI is InChI=1S/C21H27ClN2O3/c1-5-12-27-21(10-11-21)16-8-6-15(7-9-16)14-26-17-13-23-24(20(2,3)4)19(25)18(17)22/h6-9,13H,5,10-12,14H2,1-4H3. The summed E-state index contributed by atoms with van der Waals surface area (Å²) in [4.78, 5) is 12.4. The monoisotopic (exact) mass is 390 g/mol. The number of benzene rings is 1. The third kappa shape index (κ3) is 4.36. The molecule has 0 N–H and O–H groups in total. The molecule has 146 valence electrons. The average molecular weight is 391 g/mol. The van der Waals surface area contributed by atoms with Crippen LogP contribution in [-0.2, 0) is 22.5 Å². The molecular formula is C21H27ClN2O3. The maximum atomic E-state index is 12.4. The van der Waals surface area contributed by atoms with Crippen molar-refractivity contribution in [2.75, 3.05) is 6.61 Å². The molecule has 5 nitrogen and oxygen atoms in total. The minimum Gasteiger partial charge on any atom is -0.485 e. The summed E-state index contributed by atoms with van der Waals surface area (Å²) in [6.07, 6.45) is 4.68. The lowest BCUT2D eigenvalue weighted by Gasteiger charge is -2.21. The molecule has 27 heavy (non-hydrogen) atoms. The van der Waals surface area contributed by atoms with Gasteiger partial charge in [0.15, 0.2) is 10.8 Å². The van der Waals surface area contributed by atoms with Crippen LogP contribution in [0, 0.1) is 0 Å². The average Bonchev–Trinajstić information content (AvgIpc) is 3.42. The smallest absolute Gasteiger partial charge is 0.289 e. The molecule has 0 spiro atoms. The van der Waals surface area contributed by atoms with Crippen molar-refractivity contribution in [2.45, 2.75) is 64.7 Å². The molecule has 0 amide bonds. The quantitative estimate of drug-likeness (QED) is 0.690. The molecule has 1 aliphatic carbocycles. The zero-order valence-corrected chi connectivity index (χ0v) is 17.2. The Bertz CT molecular complexity index is 849. The molecule has 3 rings (SSSR count). The lowest BCUT2D eigenvalue weighted by atomic mass is 10.1. The second-order valence-electron chi connectivity index (χ2n) is 8.04. The van der Waals surface area contributed by atoms with Gasteiger partial charge in [-0.25, -0.2) is 4.68 Å². The fourth-order valence-corrected chi connectivity index (χ4v) is 3.17. The molecule has 2 aromatic rings. The fourth-order valence-electron chi connectivity index (χ4n) is 2.99. The summed E-state index contributed by atoms with van der Waals surface area (Å²) in [7, 11) is 0. The van der Waals surface area contributed by atoms with Gasteiger partial charge in [0.1, 0.15) is 6.61 Å². The number of nitrogens with zero attached hydrogens (tertiary/aromatic N) is 2. The van der Waals surface area contributed by atoms with Crippen LogP contribution in [0.3, 0.4) is 0 Å². The highest BCUT2D eigenvalue weighted by Gasteiger charge is 2.45. The molecule has 1 saturated carbocycles. The molecule has 1 heterocycles. The van der Waals surface area contributed by atoms with E-state index in [-0.39, 0.29) is 16.2 Å². The van der Waals surface area contributed by atoms with Crippen molar-refractivity contribution >= 4 is 11.6 Å². The van der Waals surface area contributed by atoms with Crippen LogP contribution in [0.5, 0.6) is 5.75 Å². The highest BCUT2D eigenvalue weighted by atomic mass is 35.5. The Morgan fingerprint density at radius 3 is 2.44 bits per heavy atom. The summed E-state index contributed by atoms with van der Waals surface area (Å²) in [5, 5.41) is 4.24. The number of ether oxygens (including phenoxy) is 2. The molecule has 6 heteroatoms. The van der Waals surface area contributed by atoms with E-state index in [2.05, 4.69) is 24.2 Å². The topological polar surface area (TPSA) is 53.4 Å². The van der Waals surface area contributed by atoms with Gasteiger partial charge < -0.3 is 9.47 Å². The largest absolute Gasteiger partial charge is 0.485 e. The Morgan fingerprint density at radius 2 is 1.89 bits per heavy atom. The number of rotatable bonds is 7. The van der Waals surface area contributed by atoms with Crippen LogP contribution in [-0.4, -0.2) is 16.4 Å². The van der Waals surface area contributed by atoms with Crippen LogP contribution in [0.1, 0.15) is 58.1 Å². The summed E-state index contributed by atoms with van der Waals surface area (Å²) in [6, 6.07) is 8.25. The minimum absolute atomic E-state index is 0.0569. The van der Waals surface area contributed by atoms with E-state index in [1.54, 1.807) is 0 Å². The van der Waals surface area contributed by atoms with E-state index in [0.29, 0.717) is 12.4 Å². The van der Waals surface area contributed by atoms with E-state index < -0.39 is 5.54 Å². The molecule has 1 aromatic carbocycles. The van der Waals surface area contributed by atoms with Crippen LogP contribution in [0.25, 0.3) is 0 Å². The van der Waals surface area contributed by atoms with Crippen molar-refractivity contribution < 1.29 is 9.47 Å². The molecule has 1 aromatic heterocycles. The van der Waals surface area contributed by atoms with E-state index in [9.17, 15) is 4.79 Å². The Morgan fingerprint density at radius 1 is 1.22 bits per heavy atom. The van der Waals surface area contributed by atoms with E-state index in [4.69, 9.17) is 21.1 Å². The van der Waals surface area contributed by atoms with Crippen molar-refractivity contribution in [3.63, 3.8) is 0 Å². The van der Waals surface area contributed by atoms with Crippen LogP contribution < -0.4 is 10.3 Å². The van der Waals surface area contributed by atoms with E-state index in [1.165, 1.54) is 16.4 Å². The Labute approximate surface area is 165 Å². The third-order valence-corrected chi connectivity index (χ3v) is 5.03. The first-order valence-electron chi connectivity index (χ1n) is 9.41. The van der Waals surface area contributed by atoms with Gasteiger partial charge in [0.05, 0.1) is 17.3 Å². The molecule has 0 radical (unpaired) electrons. The van der Waals surface area contributed by atoms with Gasteiger partial charge >= 0.3 is 0 Å². The van der Waals surface area contributed by atoms with Crippen LogP contribution >= 0.6 is 11.6 Å². The first kappa shape index (κ1) is 19.9. The highest BCUT2D eigenvalue weighted by Crippen LogP contribution is 2.49. The Hall–Kier alpha value is -1.85. The summed E-state index contributed by atoms with van der Waals surface area (Å²) in [5.74, 6) is 0.302. The van der Waals surface area contributed by atoms with Gasteiger partial charge in [0, 0.05) is 6.61 Å². The lowest BCUT2D eigenvalue weighted by Crippen LogP contribution is -2.36. The second-order valence-corrected chi connectivity index (χ2v) is 8.42. The molecular weight excluding hydrogens is 364 g/mol. The third-order valence-electron chi connectivity index (χ3n) is 4.68. The van der Waals surface area contributed by atoms with Gasteiger partial charge in [0.25, 0.3) is 5.56 Å². The summed E-state index contributed by atoms with van der Waals surface area (Å²) in [6.45, 7) is 8.93. The van der Waals surface area contributed by atoms with Gasteiger partial charge in [0.2, 0.25) is 0 Å². The molecule has 0 saturated heterocycles. The van der Waals surface area contributed by atoms with Gasteiger partial charge in [-0.1, -0.05) is 42.8 Å². The maximum Gasteiger partial charge on any atom is 0.289 e. The molecule has 1 aliphatic rings. The molecule has 0 atom stereocenters. The summed E-state index contributed by atoms with van der Waals surface area (Å²) in [5.41, 5.74) is 1.35. The number of hydrogen-bond donors (Lipinski definition) is 0. The van der Waals surface area contributed by atoms with Gasteiger partial charge in [-0.05, 0) is 51.2 Å².